The molecule has 3 rings (SSSR count). The number of ether oxygens (including phenoxy) is 2. The maximum atomic E-state index is 13.9. The molecule has 0 aliphatic carbocycles. The van der Waals surface area contributed by atoms with Crippen molar-refractivity contribution in [2.75, 3.05) is 31.1 Å². The first-order chi connectivity index (χ1) is 19.1. The molecule has 1 N–H and O–H groups in total. The van der Waals surface area contributed by atoms with Gasteiger partial charge in [0.15, 0.2) is 0 Å². The van der Waals surface area contributed by atoms with Crippen LogP contribution in [-0.4, -0.2) is 58.0 Å². The van der Waals surface area contributed by atoms with Crippen LogP contribution < -0.4 is 19.1 Å². The Morgan fingerprint density at radius 3 is 2.08 bits per heavy atom. The first-order valence-corrected chi connectivity index (χ1v) is 15.0. The summed E-state index contributed by atoms with van der Waals surface area (Å²) in [5, 5.41) is 2.75. The number of halogens is 1. The number of nitrogens with one attached hydrogen (secondary N) is 1. The van der Waals surface area contributed by atoms with E-state index in [-0.39, 0.29) is 23.0 Å². The van der Waals surface area contributed by atoms with E-state index in [0.29, 0.717) is 24.7 Å². The molecule has 11 heteroatoms. The fourth-order valence-electron chi connectivity index (χ4n) is 3.97. The third-order valence-corrected chi connectivity index (χ3v) is 8.46. The highest BCUT2D eigenvalue weighted by Gasteiger charge is 2.32. The SMILES string of the molecule is CCNC(=O)C(C)N(Cc1ccc(OC)cc1)C(=O)CN(c1ccc(OCC)cc1)S(=O)(=O)c1ccc(Br)cc1. The Bertz CT molecular complexity index is 1380. The van der Waals surface area contributed by atoms with Crippen LogP contribution in [0.3, 0.4) is 0 Å². The normalized spacial score (nSPS) is 11.8. The molecular formula is C29H34BrN3O6S. The molecule has 0 heterocycles. The molecule has 0 bridgehead atoms. The number of benzene rings is 3. The van der Waals surface area contributed by atoms with E-state index >= 15 is 0 Å². The van der Waals surface area contributed by atoms with Gasteiger partial charge in [0, 0.05) is 17.6 Å². The zero-order valence-corrected chi connectivity index (χ0v) is 25.4. The highest BCUT2D eigenvalue weighted by atomic mass is 79.9. The third kappa shape index (κ3) is 7.76. The summed E-state index contributed by atoms with van der Waals surface area (Å²) >= 11 is 3.33. The number of carbonyl (C=O) groups is 2. The number of nitrogens with zero attached hydrogens (tertiary/aromatic N) is 2. The van der Waals surface area contributed by atoms with Crippen LogP contribution in [0.5, 0.6) is 11.5 Å². The number of anilines is 1. The monoisotopic (exact) mass is 631 g/mol. The lowest BCUT2D eigenvalue weighted by molar-refractivity contribution is -0.139. The maximum Gasteiger partial charge on any atom is 0.264 e. The number of rotatable bonds is 13. The molecule has 9 nitrogen and oxygen atoms in total. The minimum Gasteiger partial charge on any atom is -0.497 e. The van der Waals surface area contributed by atoms with Gasteiger partial charge in [0.1, 0.15) is 24.1 Å². The van der Waals surface area contributed by atoms with E-state index in [9.17, 15) is 18.0 Å². The first kappa shape index (κ1) is 31.0. The maximum absolute atomic E-state index is 13.9. The molecule has 0 fully saturated rings. The van der Waals surface area contributed by atoms with E-state index in [2.05, 4.69) is 21.2 Å². The van der Waals surface area contributed by atoms with Gasteiger partial charge in [-0.25, -0.2) is 8.42 Å². The molecule has 2 amide bonds. The lowest BCUT2D eigenvalue weighted by Gasteiger charge is -2.32. The summed E-state index contributed by atoms with van der Waals surface area (Å²) in [6, 6.07) is 18.9. The standard InChI is InChI=1S/C29H34BrN3O6S/c1-5-31-29(35)21(3)32(19-22-7-13-25(38-4)14-8-22)28(34)20-33(24-11-15-26(16-12-24)39-6-2)40(36,37)27-17-9-23(30)10-18-27/h7-18,21H,5-6,19-20H2,1-4H3,(H,31,35). The van der Waals surface area contributed by atoms with Crippen molar-refractivity contribution in [2.45, 2.75) is 38.3 Å². The van der Waals surface area contributed by atoms with E-state index in [1.54, 1.807) is 81.6 Å². The Labute approximate surface area is 244 Å². The second-order valence-electron chi connectivity index (χ2n) is 8.83. The Morgan fingerprint density at radius 2 is 1.52 bits per heavy atom. The van der Waals surface area contributed by atoms with Gasteiger partial charge in [0.05, 0.1) is 24.3 Å². The van der Waals surface area contributed by atoms with Crippen molar-refractivity contribution < 1.29 is 27.5 Å². The molecule has 0 saturated carbocycles. The van der Waals surface area contributed by atoms with Gasteiger partial charge >= 0.3 is 0 Å². The second-order valence-corrected chi connectivity index (χ2v) is 11.6. The number of methoxy groups -OCH3 is 1. The molecule has 0 saturated heterocycles. The first-order valence-electron chi connectivity index (χ1n) is 12.8. The summed E-state index contributed by atoms with van der Waals surface area (Å²) in [6.45, 7) is 5.68. The predicted molar refractivity (Wildman–Crippen MR) is 158 cm³/mol. The topological polar surface area (TPSA) is 105 Å². The number of amides is 2. The molecule has 1 atom stereocenters. The molecule has 0 aliphatic rings. The van der Waals surface area contributed by atoms with Crippen molar-refractivity contribution in [3.8, 4) is 11.5 Å². The summed E-state index contributed by atoms with van der Waals surface area (Å²) in [5.74, 6) is 0.349. The lowest BCUT2D eigenvalue weighted by atomic mass is 10.1. The Morgan fingerprint density at radius 1 is 0.925 bits per heavy atom. The average molecular weight is 633 g/mol. The van der Waals surface area contributed by atoms with Crippen molar-refractivity contribution in [3.05, 3.63) is 82.8 Å². The van der Waals surface area contributed by atoms with Gasteiger partial charge in [-0.2, -0.15) is 0 Å². The summed E-state index contributed by atoms with van der Waals surface area (Å²) in [6.07, 6.45) is 0. The van der Waals surface area contributed by atoms with Crippen LogP contribution in [0, 0.1) is 0 Å². The van der Waals surface area contributed by atoms with Gasteiger partial charge in [-0.05, 0) is 87.0 Å². The quantitative estimate of drug-likeness (QED) is 0.295. The molecule has 0 aromatic heterocycles. The largest absolute Gasteiger partial charge is 0.497 e. The Balaban J connectivity index is 2.02. The average Bonchev–Trinajstić information content (AvgIpc) is 2.95. The molecule has 0 spiro atoms. The summed E-state index contributed by atoms with van der Waals surface area (Å²) < 4.78 is 40.2. The minimum atomic E-state index is -4.16. The second kappa shape index (κ2) is 14.2. The van der Waals surface area contributed by atoms with E-state index in [1.165, 1.54) is 17.0 Å². The van der Waals surface area contributed by atoms with Crippen LogP contribution >= 0.6 is 15.9 Å². The van der Waals surface area contributed by atoms with E-state index in [1.807, 2.05) is 6.92 Å². The van der Waals surface area contributed by atoms with Crippen molar-refractivity contribution in [3.63, 3.8) is 0 Å². The summed E-state index contributed by atoms with van der Waals surface area (Å²) in [5.41, 5.74) is 1.04. The van der Waals surface area contributed by atoms with Crippen LogP contribution in [0.4, 0.5) is 5.69 Å². The van der Waals surface area contributed by atoms with Crippen molar-refractivity contribution in [1.82, 2.24) is 10.2 Å². The molecule has 40 heavy (non-hydrogen) atoms. The van der Waals surface area contributed by atoms with E-state index < -0.39 is 28.5 Å². The zero-order valence-electron chi connectivity index (χ0n) is 23.0. The molecule has 1 unspecified atom stereocenters. The Hall–Kier alpha value is -3.57. The minimum absolute atomic E-state index is 0.0239. The van der Waals surface area contributed by atoms with Crippen LogP contribution in [-0.2, 0) is 26.2 Å². The molecule has 3 aromatic rings. The van der Waals surface area contributed by atoms with Gasteiger partial charge < -0.3 is 19.7 Å². The number of carbonyl (C=O) groups excluding carboxylic acids is 2. The summed E-state index contributed by atoms with van der Waals surface area (Å²) in [7, 11) is -2.60. The molecule has 0 aliphatic heterocycles. The lowest BCUT2D eigenvalue weighted by Crippen LogP contribution is -2.51. The van der Waals surface area contributed by atoms with Crippen LogP contribution in [0.2, 0.25) is 0 Å². The van der Waals surface area contributed by atoms with Gasteiger partial charge in [-0.1, -0.05) is 28.1 Å². The predicted octanol–water partition coefficient (Wildman–Crippen LogP) is 4.61. The number of sulfonamides is 1. The van der Waals surface area contributed by atoms with Crippen molar-refractivity contribution in [2.24, 2.45) is 0 Å². The van der Waals surface area contributed by atoms with Crippen molar-refractivity contribution in [1.29, 1.82) is 0 Å². The van der Waals surface area contributed by atoms with Gasteiger partial charge in [0.25, 0.3) is 10.0 Å². The van der Waals surface area contributed by atoms with Gasteiger partial charge in [-0.15, -0.1) is 0 Å². The van der Waals surface area contributed by atoms with Crippen molar-refractivity contribution >= 4 is 43.5 Å². The van der Waals surface area contributed by atoms with E-state index in [4.69, 9.17) is 9.47 Å². The van der Waals surface area contributed by atoms with Gasteiger partial charge in [-0.3, -0.25) is 13.9 Å². The fraction of sp³-hybridized carbons (Fsp3) is 0.310. The summed E-state index contributed by atoms with van der Waals surface area (Å²) in [4.78, 5) is 28.1. The van der Waals surface area contributed by atoms with E-state index in [0.717, 1.165) is 14.3 Å². The number of hydrogen-bond acceptors (Lipinski definition) is 6. The Kier molecular flexibility index (Phi) is 11.0. The van der Waals surface area contributed by atoms with Crippen LogP contribution in [0.1, 0.15) is 26.3 Å². The zero-order chi connectivity index (χ0) is 29.3. The number of hydrogen-bond donors (Lipinski definition) is 1. The molecule has 214 valence electrons. The third-order valence-electron chi connectivity index (χ3n) is 6.15. The highest BCUT2D eigenvalue weighted by molar-refractivity contribution is 9.10. The molecule has 0 radical (unpaired) electrons. The smallest absolute Gasteiger partial charge is 0.264 e. The van der Waals surface area contributed by atoms with Crippen LogP contribution in [0.25, 0.3) is 0 Å². The van der Waals surface area contributed by atoms with Crippen LogP contribution in [0.15, 0.2) is 82.2 Å². The fourth-order valence-corrected chi connectivity index (χ4v) is 5.65. The van der Waals surface area contributed by atoms with Gasteiger partial charge in [0.2, 0.25) is 11.8 Å². The molecule has 3 aromatic carbocycles. The number of likely N-dealkylation sites (N-methyl/N-ethyl adjacent to an activating group) is 1. The molecular weight excluding hydrogens is 598 g/mol. The highest BCUT2D eigenvalue weighted by Crippen LogP contribution is 2.27.